The molecule has 0 saturated heterocycles. The molecule has 0 aromatic carbocycles. The molecular weight excluding hydrogens is 428 g/mol. The van der Waals surface area contributed by atoms with Gasteiger partial charge in [0.2, 0.25) is 11.7 Å². The molecule has 0 unspecified atom stereocenters. The van der Waals surface area contributed by atoms with Gasteiger partial charge in [-0.2, -0.15) is 0 Å². The number of nitrogens with one attached hydrogen (secondary N) is 2. The largest absolute Gasteiger partial charge is 0.390 e. The summed E-state index contributed by atoms with van der Waals surface area (Å²) >= 11 is 1.56. The summed E-state index contributed by atoms with van der Waals surface area (Å²) in [6.45, 7) is 2.00. The molecule has 4 N–H and O–H groups in total. The molecule has 168 valence electrons. The maximum Gasteiger partial charge on any atom is 0.222 e. The lowest BCUT2D eigenvalue weighted by molar-refractivity contribution is -0.125. The molecule has 32 heavy (non-hydrogen) atoms. The number of hydrogen-bond acceptors (Lipinski definition) is 8. The fourth-order valence-corrected chi connectivity index (χ4v) is 4.50. The minimum Gasteiger partial charge on any atom is -0.390 e. The molecule has 10 heteroatoms. The van der Waals surface area contributed by atoms with Gasteiger partial charge in [0, 0.05) is 14.1 Å². The van der Waals surface area contributed by atoms with Gasteiger partial charge >= 0.3 is 0 Å². The number of fused-ring (bicyclic) bond motifs is 1. The Balaban J connectivity index is 1.74. The number of rotatable bonds is 7. The van der Waals surface area contributed by atoms with Gasteiger partial charge in [-0.3, -0.25) is 4.79 Å². The third-order valence-electron chi connectivity index (χ3n) is 5.65. The number of imidazole rings is 1. The lowest BCUT2D eigenvalue weighted by Crippen LogP contribution is -2.39. The van der Waals surface area contributed by atoms with Crippen LogP contribution in [0.5, 0.6) is 0 Å². The Kier molecular flexibility index (Phi) is 6.41. The Morgan fingerprint density at radius 1 is 1.31 bits per heavy atom. The molecule has 3 atom stereocenters. The van der Waals surface area contributed by atoms with Gasteiger partial charge in [0.05, 0.1) is 29.8 Å². The fourth-order valence-electron chi connectivity index (χ4n) is 3.73. The van der Waals surface area contributed by atoms with Crippen molar-refractivity contribution in [3.63, 3.8) is 0 Å². The molecule has 3 aromatic heterocycles. The van der Waals surface area contributed by atoms with E-state index < -0.39 is 18.2 Å². The van der Waals surface area contributed by atoms with E-state index in [2.05, 4.69) is 37.4 Å². The Labute approximate surface area is 189 Å². The monoisotopic (exact) mass is 454 g/mol. The molecule has 0 spiro atoms. The Bertz CT molecular complexity index is 1190. The normalized spacial score (nSPS) is 16.2. The summed E-state index contributed by atoms with van der Waals surface area (Å²) in [4.78, 5) is 26.2. The number of carbonyl (C=O) groups excluding carboxylic acids is 1. The average Bonchev–Trinajstić information content (AvgIpc) is 3.41. The van der Waals surface area contributed by atoms with Gasteiger partial charge in [-0.25, -0.2) is 15.0 Å². The molecular formula is C22H26N6O3S. The summed E-state index contributed by atoms with van der Waals surface area (Å²) in [5.74, 6) is 6.87. The van der Waals surface area contributed by atoms with Crippen LogP contribution in [0.4, 0.5) is 5.82 Å². The van der Waals surface area contributed by atoms with E-state index in [4.69, 9.17) is 0 Å². The number of nitrogens with zero attached hydrogens (tertiary/aromatic N) is 4. The summed E-state index contributed by atoms with van der Waals surface area (Å²) in [7, 11) is 3.25. The van der Waals surface area contributed by atoms with Crippen molar-refractivity contribution in [1.29, 1.82) is 0 Å². The summed E-state index contributed by atoms with van der Waals surface area (Å²) in [5, 5.41) is 29.0. The van der Waals surface area contributed by atoms with Crippen LogP contribution in [-0.2, 0) is 4.79 Å². The molecule has 0 bridgehead atoms. The van der Waals surface area contributed by atoms with Crippen molar-refractivity contribution in [3.8, 4) is 11.8 Å². The highest BCUT2D eigenvalue weighted by molar-refractivity contribution is 7.10. The summed E-state index contributed by atoms with van der Waals surface area (Å²) in [5.41, 5.74) is 2.19. The number of aryl methyl sites for hydroxylation is 1. The molecule has 1 aliphatic carbocycles. The number of carbonyl (C=O) groups is 1. The Hall–Kier alpha value is -3.00. The van der Waals surface area contributed by atoms with Crippen LogP contribution >= 0.6 is 11.3 Å². The van der Waals surface area contributed by atoms with Crippen LogP contribution in [0.25, 0.3) is 11.2 Å². The van der Waals surface area contributed by atoms with E-state index in [-0.39, 0.29) is 18.2 Å². The second-order valence-corrected chi connectivity index (χ2v) is 8.83. The van der Waals surface area contributed by atoms with E-state index >= 15 is 0 Å². The lowest BCUT2D eigenvalue weighted by atomic mass is 9.98. The Morgan fingerprint density at radius 3 is 2.72 bits per heavy atom. The van der Waals surface area contributed by atoms with Crippen molar-refractivity contribution in [3.05, 3.63) is 34.0 Å². The van der Waals surface area contributed by atoms with Crippen LogP contribution in [0.2, 0.25) is 0 Å². The summed E-state index contributed by atoms with van der Waals surface area (Å²) < 4.78 is 1.79. The van der Waals surface area contributed by atoms with Crippen molar-refractivity contribution in [2.24, 2.45) is 5.92 Å². The van der Waals surface area contributed by atoms with Gasteiger partial charge in [-0.1, -0.05) is 0 Å². The second kappa shape index (κ2) is 9.24. The number of thiophene rings is 1. The van der Waals surface area contributed by atoms with E-state index in [0.717, 1.165) is 23.3 Å². The minimum absolute atomic E-state index is 0.165. The highest BCUT2D eigenvalue weighted by atomic mass is 32.1. The topological polar surface area (TPSA) is 125 Å². The molecule has 1 amide bonds. The van der Waals surface area contributed by atoms with Crippen molar-refractivity contribution in [1.82, 2.24) is 24.8 Å². The molecule has 9 nitrogen and oxygen atoms in total. The molecule has 1 aliphatic rings. The zero-order valence-electron chi connectivity index (χ0n) is 18.2. The molecule has 1 saturated carbocycles. The summed E-state index contributed by atoms with van der Waals surface area (Å²) in [6, 6.07) is 1.55. The van der Waals surface area contributed by atoms with Crippen molar-refractivity contribution >= 4 is 34.2 Å². The van der Waals surface area contributed by atoms with Crippen LogP contribution in [0, 0.1) is 24.7 Å². The molecule has 3 aromatic rings. The van der Waals surface area contributed by atoms with Crippen LogP contribution in [-0.4, -0.2) is 61.9 Å². The van der Waals surface area contributed by atoms with E-state index in [1.807, 2.05) is 18.4 Å². The number of aliphatic hydroxyl groups excluding tert-OH is 2. The van der Waals surface area contributed by atoms with Crippen molar-refractivity contribution in [2.75, 3.05) is 19.4 Å². The Morgan fingerprint density at radius 2 is 2.09 bits per heavy atom. The number of anilines is 1. The molecule has 3 heterocycles. The van der Waals surface area contributed by atoms with Crippen LogP contribution in [0.3, 0.4) is 0 Å². The number of aliphatic hydroxyl groups is 2. The zero-order chi connectivity index (χ0) is 22.8. The maximum absolute atomic E-state index is 11.7. The first-order valence-electron chi connectivity index (χ1n) is 10.5. The molecule has 0 radical (unpaired) electrons. The SMILES string of the molecule is CNC(=O)C[C@@H](O)[C@@H](O)[C@@H](C1CC1)n1cnc2c(NC)nc(C#Cc3sccc3C)nc21. The second-order valence-electron chi connectivity index (χ2n) is 7.92. The van der Waals surface area contributed by atoms with Crippen molar-refractivity contribution < 1.29 is 15.0 Å². The molecule has 0 aliphatic heterocycles. The number of aromatic nitrogens is 4. The van der Waals surface area contributed by atoms with Gasteiger partial charge in [-0.15, -0.1) is 11.3 Å². The van der Waals surface area contributed by atoms with Gasteiger partial charge in [0.1, 0.15) is 6.10 Å². The number of amides is 1. The summed E-state index contributed by atoms with van der Waals surface area (Å²) in [6.07, 6.45) is 0.920. The van der Waals surface area contributed by atoms with Gasteiger partial charge < -0.3 is 25.4 Å². The van der Waals surface area contributed by atoms with Gasteiger partial charge in [-0.05, 0) is 54.5 Å². The van der Waals surface area contributed by atoms with Crippen LogP contribution < -0.4 is 10.6 Å². The van der Waals surface area contributed by atoms with E-state index in [1.54, 1.807) is 29.3 Å². The molecule has 4 rings (SSSR count). The predicted molar refractivity (Wildman–Crippen MR) is 122 cm³/mol. The smallest absolute Gasteiger partial charge is 0.222 e. The first kappa shape index (κ1) is 22.2. The quantitative estimate of drug-likeness (QED) is 0.398. The average molecular weight is 455 g/mol. The minimum atomic E-state index is -1.20. The first-order chi connectivity index (χ1) is 15.4. The highest BCUT2D eigenvalue weighted by Gasteiger charge is 2.41. The van der Waals surface area contributed by atoms with E-state index in [9.17, 15) is 15.0 Å². The van der Waals surface area contributed by atoms with Gasteiger partial charge in [0.15, 0.2) is 17.0 Å². The third kappa shape index (κ3) is 4.46. The van der Waals surface area contributed by atoms with Gasteiger partial charge in [0.25, 0.3) is 0 Å². The fraction of sp³-hybridized carbons (Fsp3) is 0.455. The van der Waals surface area contributed by atoms with Crippen LogP contribution in [0.1, 0.15) is 41.6 Å². The lowest BCUT2D eigenvalue weighted by Gasteiger charge is -2.28. The van der Waals surface area contributed by atoms with E-state index in [1.165, 1.54) is 7.05 Å². The predicted octanol–water partition coefficient (Wildman–Crippen LogP) is 1.45. The highest BCUT2D eigenvalue weighted by Crippen LogP contribution is 2.43. The number of hydrogen-bond donors (Lipinski definition) is 4. The third-order valence-corrected chi connectivity index (χ3v) is 6.58. The van der Waals surface area contributed by atoms with Crippen molar-refractivity contribution in [2.45, 2.75) is 44.4 Å². The van der Waals surface area contributed by atoms with E-state index in [0.29, 0.717) is 22.8 Å². The standard InChI is InChI=1S/C22H26N6O3S/c1-12-8-9-32-15(12)6-7-16-26-21(24-3)18-22(27-16)28(11-25-18)19(13-4-5-13)20(31)14(29)10-17(30)23-2/h8-9,11,13-14,19-20,29,31H,4-5,10H2,1-3H3,(H,23,30)(H,24,26,27)/t14-,19-,20-/m1/s1. The van der Waals surface area contributed by atoms with Crippen LogP contribution in [0.15, 0.2) is 17.8 Å². The maximum atomic E-state index is 11.7. The first-order valence-corrected chi connectivity index (χ1v) is 11.4. The zero-order valence-corrected chi connectivity index (χ0v) is 19.0. The molecule has 1 fully saturated rings.